The molecule has 3 aliphatic heterocycles. The Morgan fingerprint density at radius 1 is 1.46 bits per heavy atom. The van der Waals surface area contributed by atoms with E-state index in [0.717, 1.165) is 37.4 Å². The predicted molar refractivity (Wildman–Crippen MR) is 94.2 cm³/mol. The largest absolute Gasteiger partial charge is 0.497 e. The molecule has 2 saturated heterocycles. The summed E-state index contributed by atoms with van der Waals surface area (Å²) in [6.07, 6.45) is 4.44. The van der Waals surface area contributed by atoms with Crippen LogP contribution in [0.15, 0.2) is 34.8 Å². The number of rotatable bonds is 2. The van der Waals surface area contributed by atoms with E-state index >= 15 is 0 Å². The number of benzene rings is 1. The van der Waals surface area contributed by atoms with E-state index in [9.17, 15) is 5.11 Å². The Kier molecular flexibility index (Phi) is 3.01. The first-order valence-corrected chi connectivity index (χ1v) is 9.00. The van der Waals surface area contributed by atoms with E-state index in [2.05, 4.69) is 30.0 Å². The molecule has 1 unspecified atom stereocenters. The Morgan fingerprint density at radius 2 is 2.33 bits per heavy atom. The van der Waals surface area contributed by atoms with Crippen molar-refractivity contribution in [3.05, 3.63) is 35.4 Å². The Labute approximate surface area is 142 Å². The molecule has 1 N–H and O–H groups in total. The first-order valence-electron chi connectivity index (χ1n) is 9.00. The molecule has 1 aliphatic carbocycles. The standard InChI is InChI=1S/C20H24N2O2/c1-3-12-10-22-7-6-20-15-8-13(24-2)4-5-17(15)21-19(20)18(22)9-14(12)16(20)11-23/h3-5,8,14,16,18,23H,6-7,9-11H2,1-2H3/b12-3-/t14-,16?,18-,20-/m0/s1. The number of methoxy groups -OCH3 is 1. The molecule has 3 fully saturated rings. The number of ether oxygens (including phenoxy) is 1. The second-order valence-corrected chi connectivity index (χ2v) is 7.58. The van der Waals surface area contributed by atoms with Crippen molar-refractivity contribution in [3.63, 3.8) is 0 Å². The van der Waals surface area contributed by atoms with Gasteiger partial charge < -0.3 is 9.84 Å². The van der Waals surface area contributed by atoms with Crippen LogP contribution in [0.5, 0.6) is 5.75 Å². The summed E-state index contributed by atoms with van der Waals surface area (Å²) in [6.45, 7) is 4.49. The summed E-state index contributed by atoms with van der Waals surface area (Å²) in [6, 6.07) is 6.70. The summed E-state index contributed by atoms with van der Waals surface area (Å²) >= 11 is 0. The van der Waals surface area contributed by atoms with Gasteiger partial charge in [-0.1, -0.05) is 11.6 Å². The molecule has 5 rings (SSSR count). The lowest BCUT2D eigenvalue weighted by Crippen LogP contribution is -2.68. The molecule has 24 heavy (non-hydrogen) atoms. The third-order valence-electron chi connectivity index (χ3n) is 6.96. The van der Waals surface area contributed by atoms with Gasteiger partial charge in [-0.2, -0.15) is 0 Å². The monoisotopic (exact) mass is 324 g/mol. The van der Waals surface area contributed by atoms with Crippen molar-refractivity contribution in [3.8, 4) is 5.75 Å². The number of allylic oxidation sites excluding steroid dienone is 1. The summed E-state index contributed by atoms with van der Waals surface area (Å²) in [5, 5.41) is 10.4. The third kappa shape index (κ3) is 1.58. The van der Waals surface area contributed by atoms with Gasteiger partial charge in [0.2, 0.25) is 0 Å². The van der Waals surface area contributed by atoms with Crippen molar-refractivity contribution < 1.29 is 9.84 Å². The zero-order valence-corrected chi connectivity index (χ0v) is 14.3. The van der Waals surface area contributed by atoms with Crippen LogP contribution in [-0.4, -0.2) is 48.6 Å². The van der Waals surface area contributed by atoms with Gasteiger partial charge in [-0.3, -0.25) is 9.89 Å². The van der Waals surface area contributed by atoms with Crippen LogP contribution in [0.25, 0.3) is 0 Å². The summed E-state index contributed by atoms with van der Waals surface area (Å²) < 4.78 is 5.49. The Bertz CT molecular complexity index is 769. The van der Waals surface area contributed by atoms with E-state index in [-0.39, 0.29) is 17.9 Å². The average molecular weight is 324 g/mol. The van der Waals surface area contributed by atoms with Crippen molar-refractivity contribution in [2.45, 2.75) is 31.2 Å². The fraction of sp³-hybridized carbons (Fsp3) is 0.550. The van der Waals surface area contributed by atoms with Gasteiger partial charge >= 0.3 is 0 Å². The minimum Gasteiger partial charge on any atom is -0.497 e. The highest BCUT2D eigenvalue weighted by Gasteiger charge is 2.62. The Balaban J connectivity index is 1.75. The van der Waals surface area contributed by atoms with Gasteiger partial charge in [0, 0.05) is 42.8 Å². The minimum absolute atomic E-state index is 0.0998. The number of aliphatic hydroxyl groups excluding tert-OH is 1. The van der Waals surface area contributed by atoms with E-state index < -0.39 is 0 Å². The number of fused-ring (bicyclic) bond motifs is 2. The van der Waals surface area contributed by atoms with Crippen LogP contribution < -0.4 is 4.74 Å². The molecule has 126 valence electrons. The fourth-order valence-electron chi connectivity index (χ4n) is 5.87. The van der Waals surface area contributed by atoms with Crippen molar-refractivity contribution >= 4 is 11.4 Å². The van der Waals surface area contributed by atoms with E-state index in [4.69, 9.17) is 9.73 Å². The first kappa shape index (κ1) is 14.7. The highest BCUT2D eigenvalue weighted by molar-refractivity contribution is 6.07. The maximum Gasteiger partial charge on any atom is 0.119 e. The molecule has 0 aromatic heterocycles. The molecular formula is C20H24N2O2. The highest BCUT2D eigenvalue weighted by Crippen LogP contribution is 2.60. The molecule has 0 amide bonds. The van der Waals surface area contributed by atoms with Crippen LogP contribution in [0.4, 0.5) is 5.69 Å². The van der Waals surface area contributed by atoms with Crippen LogP contribution in [0.3, 0.4) is 0 Å². The van der Waals surface area contributed by atoms with Gasteiger partial charge in [0.05, 0.1) is 12.8 Å². The van der Waals surface area contributed by atoms with Crippen molar-refractivity contribution in [1.82, 2.24) is 4.90 Å². The topological polar surface area (TPSA) is 45.1 Å². The summed E-state index contributed by atoms with van der Waals surface area (Å²) in [5.74, 6) is 1.59. The van der Waals surface area contributed by atoms with Crippen molar-refractivity contribution in [2.75, 3.05) is 26.8 Å². The van der Waals surface area contributed by atoms with E-state index in [1.54, 1.807) is 7.11 Å². The highest BCUT2D eigenvalue weighted by atomic mass is 16.5. The van der Waals surface area contributed by atoms with Gasteiger partial charge in [-0.25, -0.2) is 0 Å². The summed E-state index contributed by atoms with van der Waals surface area (Å²) in [7, 11) is 1.72. The molecule has 3 heterocycles. The quantitative estimate of drug-likeness (QED) is 0.851. The van der Waals surface area contributed by atoms with Crippen LogP contribution >= 0.6 is 0 Å². The normalized spacial score (nSPS) is 38.0. The molecular weight excluding hydrogens is 300 g/mol. The molecule has 4 nitrogen and oxygen atoms in total. The molecule has 0 spiro atoms. The van der Waals surface area contributed by atoms with E-state index in [1.165, 1.54) is 16.8 Å². The molecule has 4 atom stereocenters. The number of piperidine rings is 2. The maximum absolute atomic E-state index is 10.4. The van der Waals surface area contributed by atoms with Gasteiger partial charge in [0.1, 0.15) is 5.75 Å². The summed E-state index contributed by atoms with van der Waals surface area (Å²) in [5.41, 5.74) is 5.07. The zero-order valence-electron chi connectivity index (χ0n) is 14.3. The van der Waals surface area contributed by atoms with E-state index in [1.807, 2.05) is 6.07 Å². The van der Waals surface area contributed by atoms with Crippen LogP contribution in [-0.2, 0) is 5.41 Å². The van der Waals surface area contributed by atoms with Gasteiger partial charge in [-0.15, -0.1) is 0 Å². The fourth-order valence-corrected chi connectivity index (χ4v) is 5.87. The molecule has 1 aromatic rings. The first-order chi connectivity index (χ1) is 11.7. The van der Waals surface area contributed by atoms with E-state index in [0.29, 0.717) is 12.0 Å². The van der Waals surface area contributed by atoms with Crippen LogP contribution in [0.2, 0.25) is 0 Å². The van der Waals surface area contributed by atoms with Crippen LogP contribution in [0.1, 0.15) is 25.3 Å². The number of nitrogens with zero attached hydrogens (tertiary/aromatic N) is 2. The van der Waals surface area contributed by atoms with Gasteiger partial charge in [-0.05, 0) is 49.4 Å². The molecule has 1 saturated carbocycles. The van der Waals surface area contributed by atoms with Crippen molar-refractivity contribution in [2.24, 2.45) is 16.8 Å². The average Bonchev–Trinajstić information content (AvgIpc) is 2.96. The zero-order chi connectivity index (χ0) is 16.5. The second kappa shape index (κ2) is 4.93. The lowest BCUT2D eigenvalue weighted by molar-refractivity contribution is 0.0291. The maximum atomic E-state index is 10.4. The third-order valence-corrected chi connectivity index (χ3v) is 6.96. The molecule has 4 aliphatic rings. The number of aliphatic imine (C=N–C) groups is 1. The second-order valence-electron chi connectivity index (χ2n) is 7.58. The predicted octanol–water partition coefficient (Wildman–Crippen LogP) is 2.68. The smallest absolute Gasteiger partial charge is 0.119 e. The number of hydrogen-bond acceptors (Lipinski definition) is 4. The van der Waals surface area contributed by atoms with Gasteiger partial charge in [0.25, 0.3) is 0 Å². The molecule has 3 bridgehead atoms. The lowest BCUT2D eigenvalue weighted by Gasteiger charge is -2.60. The van der Waals surface area contributed by atoms with Crippen LogP contribution in [0, 0.1) is 11.8 Å². The number of aliphatic hydroxyl groups is 1. The summed E-state index contributed by atoms with van der Waals surface area (Å²) in [4.78, 5) is 7.68. The lowest BCUT2D eigenvalue weighted by atomic mass is 9.51. The minimum atomic E-state index is -0.0998. The van der Waals surface area contributed by atoms with Gasteiger partial charge in [0.15, 0.2) is 0 Å². The van der Waals surface area contributed by atoms with Crippen molar-refractivity contribution in [1.29, 1.82) is 0 Å². The Hall–Kier alpha value is -1.65. The molecule has 0 radical (unpaired) electrons. The molecule has 4 heteroatoms. The Morgan fingerprint density at radius 3 is 3.08 bits per heavy atom. The number of hydrogen-bond donors (Lipinski definition) is 1. The SMILES string of the molecule is C/C=C1/CN2CC[C@]34C(=Nc5ccc(OC)cc53)[C@@H]2C[C@@H]1C4CO. The molecule has 1 aromatic carbocycles.